The van der Waals surface area contributed by atoms with Crippen molar-refractivity contribution in [1.29, 1.82) is 0 Å². The summed E-state index contributed by atoms with van der Waals surface area (Å²) in [5.74, 6) is -6.73. The number of fused-ring (bicyclic) bond motifs is 3. The highest BCUT2D eigenvalue weighted by atomic mass is 35.5. The van der Waals surface area contributed by atoms with Crippen LogP contribution in [-0.2, 0) is 20.8 Å². The van der Waals surface area contributed by atoms with Gasteiger partial charge >= 0.3 is 0 Å². The summed E-state index contributed by atoms with van der Waals surface area (Å²) in [6, 6.07) is 3.74. The number of phenolic OH excluding ortho intramolecular Hbond substituents is 1. The van der Waals surface area contributed by atoms with Gasteiger partial charge in [0.2, 0.25) is 5.78 Å². The number of hydrogen-bond acceptors (Lipinski definition) is 9. The number of carbonyl (C=O) groups excluding carboxylic acids is 3. The molecular formula is C25H23ClN2O7S. The molecule has 188 valence electrons. The molecule has 3 aliphatic rings. The van der Waals surface area contributed by atoms with Crippen molar-refractivity contribution in [3.05, 3.63) is 56.6 Å². The molecule has 0 spiro atoms. The van der Waals surface area contributed by atoms with Gasteiger partial charge in [0, 0.05) is 21.7 Å². The van der Waals surface area contributed by atoms with Gasteiger partial charge in [0.1, 0.15) is 22.8 Å². The van der Waals surface area contributed by atoms with E-state index in [-0.39, 0.29) is 29.7 Å². The molecule has 1 aromatic heterocycles. The van der Waals surface area contributed by atoms with Crippen LogP contribution in [0.4, 0.5) is 0 Å². The van der Waals surface area contributed by atoms with Crippen LogP contribution >= 0.6 is 22.9 Å². The molecule has 36 heavy (non-hydrogen) atoms. The number of aliphatic hydroxyl groups excluding tert-OH is 2. The summed E-state index contributed by atoms with van der Waals surface area (Å²) in [4.78, 5) is 41.3. The van der Waals surface area contributed by atoms with E-state index in [4.69, 9.17) is 17.3 Å². The monoisotopic (exact) mass is 530 g/mol. The smallest absolute Gasteiger partial charge is 0.255 e. The Morgan fingerprint density at radius 1 is 1.22 bits per heavy atom. The molecule has 1 heterocycles. The van der Waals surface area contributed by atoms with Gasteiger partial charge < -0.3 is 26.2 Å². The Labute approximate surface area is 214 Å². The van der Waals surface area contributed by atoms with E-state index in [0.717, 1.165) is 10.4 Å². The lowest BCUT2D eigenvalue weighted by molar-refractivity contribution is -0.153. The number of aromatic hydroxyl groups is 1. The second-order valence-electron chi connectivity index (χ2n) is 9.58. The normalized spacial score (nSPS) is 27.8. The van der Waals surface area contributed by atoms with E-state index in [9.17, 15) is 34.8 Å². The summed E-state index contributed by atoms with van der Waals surface area (Å²) in [7, 11) is 3.12. The Balaban J connectivity index is 1.75. The Morgan fingerprint density at radius 3 is 2.50 bits per heavy atom. The minimum absolute atomic E-state index is 0.0338. The van der Waals surface area contributed by atoms with Crippen LogP contribution in [-0.4, -0.2) is 68.5 Å². The maximum Gasteiger partial charge on any atom is 0.255 e. The van der Waals surface area contributed by atoms with Crippen molar-refractivity contribution in [1.82, 2.24) is 4.90 Å². The zero-order valence-electron chi connectivity index (χ0n) is 19.3. The van der Waals surface area contributed by atoms with Crippen molar-refractivity contribution < 1.29 is 34.8 Å². The molecule has 1 amide bonds. The molecule has 9 nitrogen and oxygen atoms in total. The number of nitrogens with zero attached hydrogens (tertiary/aromatic N) is 1. The number of halogens is 1. The zero-order chi connectivity index (χ0) is 26.3. The van der Waals surface area contributed by atoms with Gasteiger partial charge in [-0.05, 0) is 62.2 Å². The average molecular weight is 531 g/mol. The number of Topliss-reactive ketones (excluding diaryl/α,β-unsaturated/α-hetero) is 2. The topological polar surface area (TPSA) is 161 Å². The molecule has 2 aromatic rings. The van der Waals surface area contributed by atoms with Gasteiger partial charge in [-0.1, -0.05) is 11.6 Å². The highest BCUT2D eigenvalue weighted by Crippen LogP contribution is 2.53. The molecule has 0 bridgehead atoms. The van der Waals surface area contributed by atoms with Crippen LogP contribution in [0.2, 0.25) is 5.02 Å². The van der Waals surface area contributed by atoms with E-state index in [1.807, 2.05) is 0 Å². The SMILES string of the molecule is CN(C)[C@@H]1C(=O)C(C(N)=O)=C(O)[C@@]2(O)C(=O)C3=C(O)c4c(O)ccc(-c5cc(Cl)cs5)c4C[C@H]3C[C@@H]12. The predicted octanol–water partition coefficient (Wildman–Crippen LogP) is 2.35. The summed E-state index contributed by atoms with van der Waals surface area (Å²) >= 11 is 7.50. The fourth-order valence-electron chi connectivity index (χ4n) is 5.93. The Kier molecular flexibility index (Phi) is 5.56. The molecule has 0 unspecified atom stereocenters. The molecule has 0 saturated heterocycles. The van der Waals surface area contributed by atoms with Crippen LogP contribution in [0, 0.1) is 11.8 Å². The van der Waals surface area contributed by atoms with E-state index in [1.165, 1.54) is 22.3 Å². The standard InChI is InChI=1S/C25H23ClN2O7S/c1-28(2)19-13-6-9-5-12-11(15-7-10(26)8-36-15)3-4-14(29)17(12)20(30)16(9)22(32)25(13,35)23(33)18(21(19)31)24(27)34/h3-4,7-9,13,19,29-30,33,35H,5-6H2,1-2H3,(H2,27,34)/t9-,13-,19-,25-/m0/s1. The van der Waals surface area contributed by atoms with E-state index >= 15 is 0 Å². The summed E-state index contributed by atoms with van der Waals surface area (Å²) < 4.78 is 0. The maximum absolute atomic E-state index is 13.8. The number of carbonyl (C=O) groups is 3. The van der Waals surface area contributed by atoms with Crippen LogP contribution in [0.1, 0.15) is 17.5 Å². The number of likely N-dealkylation sites (N-methyl/N-ethyl adjacent to an activating group) is 1. The van der Waals surface area contributed by atoms with Crippen molar-refractivity contribution in [2.75, 3.05) is 14.1 Å². The van der Waals surface area contributed by atoms with Gasteiger partial charge in [0.15, 0.2) is 11.4 Å². The highest BCUT2D eigenvalue weighted by molar-refractivity contribution is 7.14. The van der Waals surface area contributed by atoms with Gasteiger partial charge in [-0.15, -0.1) is 11.3 Å². The summed E-state index contributed by atoms with van der Waals surface area (Å²) in [5, 5.41) is 46.7. The van der Waals surface area contributed by atoms with Crippen molar-refractivity contribution in [2.24, 2.45) is 17.6 Å². The number of ketones is 2. The average Bonchev–Trinajstić information content (AvgIpc) is 3.22. The molecule has 11 heteroatoms. The second-order valence-corrected chi connectivity index (χ2v) is 10.9. The molecule has 0 aliphatic heterocycles. The number of benzene rings is 1. The molecule has 5 rings (SSSR count). The van der Waals surface area contributed by atoms with Crippen LogP contribution < -0.4 is 5.73 Å². The number of amides is 1. The summed E-state index contributed by atoms with van der Waals surface area (Å²) in [5.41, 5.74) is 3.03. The Morgan fingerprint density at radius 2 is 1.92 bits per heavy atom. The van der Waals surface area contributed by atoms with Crippen molar-refractivity contribution in [3.8, 4) is 16.2 Å². The number of thiophene rings is 1. The van der Waals surface area contributed by atoms with Gasteiger partial charge in [0.25, 0.3) is 5.91 Å². The minimum atomic E-state index is -2.65. The molecule has 1 fully saturated rings. The minimum Gasteiger partial charge on any atom is -0.508 e. The molecule has 0 radical (unpaired) electrons. The van der Waals surface area contributed by atoms with Crippen LogP contribution in [0.5, 0.6) is 5.75 Å². The van der Waals surface area contributed by atoms with E-state index in [2.05, 4.69) is 0 Å². The van der Waals surface area contributed by atoms with Crippen molar-refractivity contribution in [3.63, 3.8) is 0 Å². The van der Waals surface area contributed by atoms with Crippen LogP contribution in [0.15, 0.2) is 40.5 Å². The lowest BCUT2D eigenvalue weighted by Gasteiger charge is -2.50. The molecule has 1 saturated carbocycles. The molecular weight excluding hydrogens is 508 g/mol. The Hall–Kier alpha value is -3.18. The second kappa shape index (κ2) is 8.17. The number of primary amides is 1. The third kappa shape index (κ3) is 3.18. The first kappa shape index (κ1) is 24.5. The third-order valence-electron chi connectivity index (χ3n) is 7.44. The third-order valence-corrected chi connectivity index (χ3v) is 8.75. The number of rotatable bonds is 3. The lowest BCUT2D eigenvalue weighted by atomic mass is 9.57. The number of phenols is 1. The highest BCUT2D eigenvalue weighted by Gasteiger charge is 2.64. The van der Waals surface area contributed by atoms with Gasteiger partial charge in [0.05, 0.1) is 16.6 Å². The lowest BCUT2D eigenvalue weighted by Crippen LogP contribution is -2.65. The fourth-order valence-corrected chi connectivity index (χ4v) is 7.06. The first-order chi connectivity index (χ1) is 16.9. The van der Waals surface area contributed by atoms with E-state index in [0.29, 0.717) is 10.6 Å². The van der Waals surface area contributed by atoms with E-state index in [1.54, 1.807) is 31.6 Å². The summed E-state index contributed by atoms with van der Waals surface area (Å²) in [6.45, 7) is 0. The largest absolute Gasteiger partial charge is 0.508 e. The maximum atomic E-state index is 13.8. The zero-order valence-corrected chi connectivity index (χ0v) is 20.9. The van der Waals surface area contributed by atoms with Gasteiger partial charge in [-0.3, -0.25) is 19.3 Å². The number of nitrogens with two attached hydrogens (primary N) is 1. The quantitative estimate of drug-likeness (QED) is 0.378. The molecule has 1 aromatic carbocycles. The number of hydrogen-bond donors (Lipinski definition) is 5. The van der Waals surface area contributed by atoms with Crippen molar-refractivity contribution in [2.45, 2.75) is 24.5 Å². The van der Waals surface area contributed by atoms with E-state index < -0.39 is 58.0 Å². The molecule has 3 aliphatic carbocycles. The van der Waals surface area contributed by atoms with Crippen molar-refractivity contribution >= 4 is 46.2 Å². The summed E-state index contributed by atoms with van der Waals surface area (Å²) in [6.07, 6.45) is 0.250. The fraction of sp³-hybridized carbons (Fsp3) is 0.320. The van der Waals surface area contributed by atoms with Gasteiger partial charge in [-0.2, -0.15) is 0 Å². The molecule has 6 N–H and O–H groups in total. The van der Waals surface area contributed by atoms with Gasteiger partial charge in [-0.25, -0.2) is 0 Å². The van der Waals surface area contributed by atoms with Crippen LogP contribution in [0.25, 0.3) is 16.2 Å². The number of aliphatic hydroxyl groups is 3. The first-order valence-corrected chi connectivity index (χ1v) is 12.4. The van der Waals surface area contributed by atoms with Crippen LogP contribution in [0.3, 0.4) is 0 Å². The Bertz CT molecular complexity index is 1430. The first-order valence-electron chi connectivity index (χ1n) is 11.1. The predicted molar refractivity (Wildman–Crippen MR) is 133 cm³/mol. The molecule has 4 atom stereocenters.